The van der Waals surface area contributed by atoms with Crippen molar-refractivity contribution in [3.05, 3.63) is 87.4 Å². The predicted octanol–water partition coefficient (Wildman–Crippen LogP) is 1.78. The molecule has 3 aromatic rings. The van der Waals surface area contributed by atoms with Crippen molar-refractivity contribution in [2.75, 3.05) is 40.0 Å². The summed E-state index contributed by atoms with van der Waals surface area (Å²) >= 11 is 0. The third kappa shape index (κ3) is 7.39. The Labute approximate surface area is 214 Å². The summed E-state index contributed by atoms with van der Waals surface area (Å²) in [5.41, 5.74) is 3.12. The number of alkyl carbamates (subject to hydrolysis) is 1. The highest BCUT2D eigenvalue weighted by Crippen LogP contribution is 2.23. The number of hydrogen-bond acceptors (Lipinski definition) is 8. The lowest BCUT2D eigenvalue weighted by Gasteiger charge is -2.26. The molecular weight excluding hydrogens is 474 g/mol. The Morgan fingerprint density at radius 1 is 1.16 bits per heavy atom. The molecule has 37 heavy (non-hydrogen) atoms. The van der Waals surface area contributed by atoms with Crippen LogP contribution in [0.4, 0.5) is 4.79 Å². The van der Waals surface area contributed by atoms with Crippen LogP contribution >= 0.6 is 0 Å². The van der Waals surface area contributed by atoms with E-state index in [2.05, 4.69) is 53.9 Å². The van der Waals surface area contributed by atoms with Crippen LogP contribution in [0.3, 0.4) is 0 Å². The van der Waals surface area contributed by atoms with Crippen molar-refractivity contribution in [3.8, 4) is 17.6 Å². The molecule has 0 spiro atoms. The molecule has 192 valence electrons. The van der Waals surface area contributed by atoms with E-state index in [4.69, 9.17) is 4.74 Å². The van der Waals surface area contributed by atoms with E-state index in [-0.39, 0.29) is 12.2 Å². The molecule has 4 rings (SSSR count). The summed E-state index contributed by atoms with van der Waals surface area (Å²) in [6.07, 6.45) is 2.59. The highest BCUT2D eigenvalue weighted by atomic mass is 16.5. The van der Waals surface area contributed by atoms with Gasteiger partial charge in [-0.3, -0.25) is 14.7 Å². The Hall–Kier alpha value is -4.20. The van der Waals surface area contributed by atoms with Crippen molar-refractivity contribution in [3.63, 3.8) is 0 Å². The van der Waals surface area contributed by atoms with E-state index in [0.29, 0.717) is 12.1 Å². The van der Waals surface area contributed by atoms with Crippen molar-refractivity contribution >= 4 is 6.09 Å². The fourth-order valence-corrected chi connectivity index (χ4v) is 3.98. The Kier molecular flexibility index (Phi) is 8.86. The van der Waals surface area contributed by atoms with Gasteiger partial charge in [0, 0.05) is 55.1 Å². The molecule has 0 radical (unpaired) electrons. The Bertz CT molecular complexity index is 1310. The minimum Gasteiger partial charge on any atom is -0.502 e. The molecule has 1 amide bonds. The molecule has 1 atom stereocenters. The Balaban J connectivity index is 1.41. The average molecular weight is 504 g/mol. The number of pyridine rings is 1. The van der Waals surface area contributed by atoms with Crippen LogP contribution < -0.4 is 10.9 Å². The van der Waals surface area contributed by atoms with E-state index in [1.54, 1.807) is 6.20 Å². The first kappa shape index (κ1) is 25.9. The number of hydrogen-bond donors (Lipinski definition) is 3. The number of nitrogens with zero attached hydrogens (tertiary/aromatic N) is 3. The molecule has 3 N–H and O–H groups in total. The molecule has 2 aromatic heterocycles. The van der Waals surface area contributed by atoms with Crippen LogP contribution in [0.2, 0.25) is 0 Å². The minimum atomic E-state index is -0.652. The van der Waals surface area contributed by atoms with Crippen LogP contribution in [0.15, 0.2) is 53.7 Å². The lowest BCUT2D eigenvalue weighted by Crippen LogP contribution is -2.35. The number of benzene rings is 1. The molecule has 1 aromatic carbocycles. The summed E-state index contributed by atoms with van der Waals surface area (Å²) in [6.45, 7) is 4.48. The van der Waals surface area contributed by atoms with Gasteiger partial charge in [-0.2, -0.15) is 0 Å². The van der Waals surface area contributed by atoms with E-state index in [0.717, 1.165) is 44.0 Å². The molecule has 0 bridgehead atoms. The summed E-state index contributed by atoms with van der Waals surface area (Å²) in [7, 11) is 1.26. The number of methoxy groups -OCH3 is 1. The molecule has 3 heterocycles. The van der Waals surface area contributed by atoms with Gasteiger partial charge in [0.25, 0.3) is 5.56 Å². The van der Waals surface area contributed by atoms with Crippen molar-refractivity contribution in [1.82, 2.24) is 25.2 Å². The molecule has 1 aliphatic heterocycles. The zero-order valence-corrected chi connectivity index (χ0v) is 20.6. The third-order valence-electron chi connectivity index (χ3n) is 6.02. The normalized spacial score (nSPS) is 14.3. The number of carbonyl (C=O) groups excluding carboxylic acids is 1. The molecule has 10 heteroatoms. The van der Waals surface area contributed by atoms with Crippen LogP contribution in [0.1, 0.15) is 34.0 Å². The van der Waals surface area contributed by atoms with Crippen LogP contribution in [0.25, 0.3) is 0 Å². The van der Waals surface area contributed by atoms with E-state index in [9.17, 15) is 14.7 Å². The maximum atomic E-state index is 11.8. The Morgan fingerprint density at radius 2 is 1.89 bits per heavy atom. The van der Waals surface area contributed by atoms with Crippen molar-refractivity contribution in [2.45, 2.75) is 18.9 Å². The molecular formula is C27H29N5O5. The summed E-state index contributed by atoms with van der Waals surface area (Å²) in [4.78, 5) is 36.7. The van der Waals surface area contributed by atoms with Crippen molar-refractivity contribution < 1.29 is 19.4 Å². The highest BCUT2D eigenvalue weighted by molar-refractivity contribution is 5.67. The number of amides is 1. The number of aromatic amines is 1. The number of H-pyrrole nitrogens is 1. The van der Waals surface area contributed by atoms with Gasteiger partial charge in [-0.25, -0.2) is 9.78 Å². The number of aromatic nitrogens is 3. The lowest BCUT2D eigenvalue weighted by atomic mass is 9.97. The van der Waals surface area contributed by atoms with Gasteiger partial charge in [-0.15, -0.1) is 0 Å². The van der Waals surface area contributed by atoms with Gasteiger partial charge in [0.15, 0.2) is 0 Å². The molecule has 1 fully saturated rings. The van der Waals surface area contributed by atoms with Gasteiger partial charge in [0.1, 0.15) is 0 Å². The fourth-order valence-electron chi connectivity index (χ4n) is 3.98. The molecule has 1 aliphatic rings. The number of aromatic hydroxyl groups is 1. The second-order valence-corrected chi connectivity index (χ2v) is 8.61. The third-order valence-corrected chi connectivity index (χ3v) is 6.02. The number of nitrogens with one attached hydrogen (secondary N) is 2. The van der Waals surface area contributed by atoms with E-state index in [1.807, 2.05) is 24.3 Å². The smallest absolute Gasteiger partial charge is 0.406 e. The number of morpholine rings is 1. The maximum Gasteiger partial charge on any atom is 0.406 e. The standard InChI is InChI=1S/C27H29N5O5/c1-36-27(35)29-16-22(24-25(33)26(34)31-18-30-24)14-23-9-8-20(15-28-23)5-2-19-3-6-21(7-4-19)17-32-10-12-37-13-11-32/h3-4,6-9,15,18,22,33H,10-14,16-17H2,1H3,(H,29,35)(H,30,31,34). The SMILES string of the molecule is COC(=O)NCC(Cc1ccc(C#Cc2ccc(CN3CCOCC3)cc2)cn1)c1nc[nH]c(=O)c1O. The van der Waals surface area contributed by atoms with Gasteiger partial charge >= 0.3 is 6.09 Å². The van der Waals surface area contributed by atoms with Gasteiger partial charge in [0.05, 0.1) is 32.3 Å². The molecule has 1 unspecified atom stereocenters. The quantitative estimate of drug-likeness (QED) is 0.416. The largest absolute Gasteiger partial charge is 0.502 e. The van der Waals surface area contributed by atoms with Crippen molar-refractivity contribution in [1.29, 1.82) is 0 Å². The number of ether oxygens (including phenoxy) is 2. The van der Waals surface area contributed by atoms with Crippen LogP contribution in [0.5, 0.6) is 5.75 Å². The maximum absolute atomic E-state index is 11.8. The monoisotopic (exact) mass is 503 g/mol. The van der Waals surface area contributed by atoms with Gasteiger partial charge in [-0.1, -0.05) is 24.0 Å². The second kappa shape index (κ2) is 12.7. The minimum absolute atomic E-state index is 0.0987. The summed E-state index contributed by atoms with van der Waals surface area (Å²) in [6, 6.07) is 11.9. The van der Waals surface area contributed by atoms with E-state index >= 15 is 0 Å². The van der Waals surface area contributed by atoms with Gasteiger partial charge < -0.3 is 24.9 Å². The average Bonchev–Trinajstić information content (AvgIpc) is 2.93. The molecule has 0 saturated carbocycles. The fraction of sp³-hybridized carbons (Fsp3) is 0.333. The van der Waals surface area contributed by atoms with Crippen LogP contribution in [0, 0.1) is 11.8 Å². The molecule has 1 saturated heterocycles. The zero-order chi connectivity index (χ0) is 26.0. The van der Waals surface area contributed by atoms with Crippen LogP contribution in [-0.4, -0.2) is 71.0 Å². The lowest BCUT2D eigenvalue weighted by molar-refractivity contribution is 0.0342. The first-order valence-corrected chi connectivity index (χ1v) is 12.0. The Morgan fingerprint density at radius 3 is 2.59 bits per heavy atom. The van der Waals surface area contributed by atoms with Crippen molar-refractivity contribution in [2.24, 2.45) is 0 Å². The van der Waals surface area contributed by atoms with E-state index < -0.39 is 23.3 Å². The zero-order valence-electron chi connectivity index (χ0n) is 20.6. The summed E-state index contributed by atoms with van der Waals surface area (Å²) < 4.78 is 10.0. The molecule has 10 nitrogen and oxygen atoms in total. The summed E-state index contributed by atoms with van der Waals surface area (Å²) in [5.74, 6) is 5.31. The summed E-state index contributed by atoms with van der Waals surface area (Å²) in [5, 5.41) is 12.8. The van der Waals surface area contributed by atoms with Crippen LogP contribution in [-0.2, 0) is 22.4 Å². The second-order valence-electron chi connectivity index (χ2n) is 8.61. The van der Waals surface area contributed by atoms with E-state index in [1.165, 1.54) is 19.0 Å². The van der Waals surface area contributed by atoms with Gasteiger partial charge in [-0.05, 0) is 36.2 Å². The molecule has 0 aliphatic carbocycles. The van der Waals surface area contributed by atoms with Gasteiger partial charge in [0.2, 0.25) is 5.75 Å². The first-order valence-electron chi connectivity index (χ1n) is 12.0. The number of rotatable bonds is 7. The number of carbonyl (C=O) groups is 1. The predicted molar refractivity (Wildman–Crippen MR) is 136 cm³/mol. The topological polar surface area (TPSA) is 130 Å². The first-order chi connectivity index (χ1) is 18.0. The highest BCUT2D eigenvalue weighted by Gasteiger charge is 2.21.